The average molecular weight is 319 g/mol. The molecule has 0 bridgehead atoms. The first-order valence-corrected chi connectivity index (χ1v) is 6.14. The van der Waals surface area contributed by atoms with Crippen LogP contribution in [0.4, 0.5) is 0 Å². The Kier molecular flexibility index (Phi) is 2.81. The Morgan fingerprint density at radius 3 is 2.62 bits per heavy atom. The van der Waals surface area contributed by atoms with Gasteiger partial charge in [-0.1, -0.05) is 6.07 Å². The lowest BCUT2D eigenvalue weighted by Gasteiger charge is -1.99. The van der Waals surface area contributed by atoms with Crippen LogP contribution in [0.1, 0.15) is 0 Å². The largest absolute Gasteiger partial charge is 0.245 e. The van der Waals surface area contributed by atoms with E-state index in [4.69, 9.17) is 0 Å². The monoisotopic (exact) mass is 317 g/mol. The number of thiazole rings is 1. The van der Waals surface area contributed by atoms with Gasteiger partial charge in [0, 0.05) is 19.9 Å². The summed E-state index contributed by atoms with van der Waals surface area (Å²) in [6.07, 6.45) is 0. The lowest BCUT2D eigenvalue weighted by atomic mass is 10.2. The Morgan fingerprint density at radius 1 is 1.15 bits per heavy atom. The highest BCUT2D eigenvalue weighted by atomic mass is 79.9. The van der Waals surface area contributed by atoms with Crippen LogP contribution in [0.3, 0.4) is 0 Å². The molecule has 0 amide bonds. The van der Waals surface area contributed by atoms with Gasteiger partial charge in [0.2, 0.25) is 0 Å². The van der Waals surface area contributed by atoms with Crippen molar-refractivity contribution in [3.63, 3.8) is 0 Å². The van der Waals surface area contributed by atoms with Crippen molar-refractivity contribution in [2.75, 3.05) is 0 Å². The molecule has 0 atom stereocenters. The number of hydrogen-bond acceptors (Lipinski definition) is 2. The molecule has 0 aliphatic heterocycles. The second-order valence-electron chi connectivity index (χ2n) is 2.50. The minimum atomic E-state index is 1.03. The van der Waals surface area contributed by atoms with E-state index >= 15 is 0 Å². The SMILES string of the molecule is Brc1ccc(-c2cscn2)cc1Br. The van der Waals surface area contributed by atoms with E-state index in [2.05, 4.69) is 42.9 Å². The smallest absolute Gasteiger partial charge is 0.0811 e. The Bertz CT molecular complexity index is 412. The summed E-state index contributed by atoms with van der Waals surface area (Å²) in [6, 6.07) is 6.11. The van der Waals surface area contributed by atoms with E-state index in [0.29, 0.717) is 0 Å². The van der Waals surface area contributed by atoms with Crippen LogP contribution in [-0.2, 0) is 0 Å². The van der Waals surface area contributed by atoms with Crippen LogP contribution in [0.25, 0.3) is 11.3 Å². The normalized spacial score (nSPS) is 10.3. The van der Waals surface area contributed by atoms with E-state index in [1.807, 2.05) is 23.0 Å². The molecule has 0 spiro atoms. The maximum Gasteiger partial charge on any atom is 0.0811 e. The van der Waals surface area contributed by atoms with E-state index in [0.717, 1.165) is 20.2 Å². The van der Waals surface area contributed by atoms with Crippen molar-refractivity contribution in [2.45, 2.75) is 0 Å². The fraction of sp³-hybridized carbons (Fsp3) is 0. The highest BCUT2D eigenvalue weighted by Crippen LogP contribution is 2.28. The minimum Gasteiger partial charge on any atom is -0.245 e. The molecule has 13 heavy (non-hydrogen) atoms. The number of aromatic nitrogens is 1. The third kappa shape index (κ3) is 2.00. The fourth-order valence-electron chi connectivity index (χ4n) is 1.01. The van der Waals surface area contributed by atoms with Gasteiger partial charge in [0.05, 0.1) is 11.2 Å². The quantitative estimate of drug-likeness (QED) is 0.762. The number of benzene rings is 1. The van der Waals surface area contributed by atoms with Crippen LogP contribution in [0.5, 0.6) is 0 Å². The summed E-state index contributed by atoms with van der Waals surface area (Å²) in [7, 11) is 0. The zero-order valence-corrected chi connectivity index (χ0v) is 10.5. The number of nitrogens with zero attached hydrogens (tertiary/aromatic N) is 1. The Labute approximate surface area is 97.1 Å². The van der Waals surface area contributed by atoms with E-state index < -0.39 is 0 Å². The molecule has 1 nitrogen and oxygen atoms in total. The van der Waals surface area contributed by atoms with Gasteiger partial charge in [-0.25, -0.2) is 4.98 Å². The molecule has 66 valence electrons. The van der Waals surface area contributed by atoms with E-state index in [-0.39, 0.29) is 0 Å². The summed E-state index contributed by atoms with van der Waals surface area (Å²) in [4.78, 5) is 4.24. The molecule has 0 aliphatic rings. The molecule has 0 N–H and O–H groups in total. The summed E-state index contributed by atoms with van der Waals surface area (Å²) in [6.45, 7) is 0. The molecule has 1 aromatic carbocycles. The standard InChI is InChI=1S/C9H5Br2NS/c10-7-2-1-6(3-8(7)11)9-4-13-5-12-9/h1-5H. The predicted molar refractivity (Wildman–Crippen MR) is 63.0 cm³/mol. The minimum absolute atomic E-state index is 1.03. The predicted octanol–water partition coefficient (Wildman–Crippen LogP) is 4.34. The highest BCUT2D eigenvalue weighted by molar-refractivity contribution is 9.13. The molecule has 1 heterocycles. The molecule has 0 aliphatic carbocycles. The molecule has 2 aromatic rings. The Hall–Kier alpha value is -0.190. The van der Waals surface area contributed by atoms with Gasteiger partial charge < -0.3 is 0 Å². The van der Waals surface area contributed by atoms with Crippen molar-refractivity contribution in [3.8, 4) is 11.3 Å². The zero-order valence-electron chi connectivity index (χ0n) is 6.50. The van der Waals surface area contributed by atoms with Crippen LogP contribution < -0.4 is 0 Å². The van der Waals surface area contributed by atoms with Crippen molar-refractivity contribution in [2.24, 2.45) is 0 Å². The van der Waals surface area contributed by atoms with Gasteiger partial charge in [0.15, 0.2) is 0 Å². The van der Waals surface area contributed by atoms with E-state index in [1.165, 1.54) is 0 Å². The second-order valence-corrected chi connectivity index (χ2v) is 4.93. The van der Waals surface area contributed by atoms with E-state index in [9.17, 15) is 0 Å². The molecule has 0 fully saturated rings. The molecular weight excluding hydrogens is 314 g/mol. The summed E-state index contributed by atoms with van der Waals surface area (Å²) in [5.74, 6) is 0. The van der Waals surface area contributed by atoms with Crippen LogP contribution >= 0.6 is 43.2 Å². The summed E-state index contributed by atoms with van der Waals surface area (Å²) >= 11 is 8.49. The highest BCUT2D eigenvalue weighted by Gasteiger charge is 2.02. The number of halogens is 2. The van der Waals surface area contributed by atoms with Gasteiger partial charge in [0.1, 0.15) is 0 Å². The number of rotatable bonds is 1. The topological polar surface area (TPSA) is 12.9 Å². The fourth-order valence-corrected chi connectivity index (χ4v) is 2.20. The molecule has 0 unspecified atom stereocenters. The van der Waals surface area contributed by atoms with Crippen LogP contribution in [0.2, 0.25) is 0 Å². The van der Waals surface area contributed by atoms with Crippen LogP contribution in [0, 0.1) is 0 Å². The van der Waals surface area contributed by atoms with Crippen molar-refractivity contribution in [1.29, 1.82) is 0 Å². The first-order valence-electron chi connectivity index (χ1n) is 3.61. The van der Waals surface area contributed by atoms with Crippen LogP contribution in [-0.4, -0.2) is 4.98 Å². The molecule has 0 radical (unpaired) electrons. The summed E-state index contributed by atoms with van der Waals surface area (Å²) < 4.78 is 2.12. The molecule has 2 rings (SSSR count). The van der Waals surface area contributed by atoms with Crippen LogP contribution in [0.15, 0.2) is 38.0 Å². The molecule has 0 saturated carbocycles. The van der Waals surface area contributed by atoms with Gasteiger partial charge in [-0.3, -0.25) is 0 Å². The third-order valence-electron chi connectivity index (χ3n) is 1.65. The van der Waals surface area contributed by atoms with Crippen molar-refractivity contribution in [3.05, 3.63) is 38.0 Å². The lowest BCUT2D eigenvalue weighted by molar-refractivity contribution is 1.40. The zero-order chi connectivity index (χ0) is 9.26. The maximum absolute atomic E-state index is 4.24. The molecule has 0 saturated heterocycles. The van der Waals surface area contributed by atoms with E-state index in [1.54, 1.807) is 11.3 Å². The molecular formula is C9H5Br2NS. The second kappa shape index (κ2) is 3.90. The van der Waals surface area contributed by atoms with Gasteiger partial charge in [-0.15, -0.1) is 11.3 Å². The van der Waals surface area contributed by atoms with Crippen molar-refractivity contribution in [1.82, 2.24) is 4.98 Å². The Balaban J connectivity index is 2.49. The van der Waals surface area contributed by atoms with Crippen molar-refractivity contribution < 1.29 is 0 Å². The van der Waals surface area contributed by atoms with Gasteiger partial charge in [0.25, 0.3) is 0 Å². The summed E-state index contributed by atoms with van der Waals surface area (Å²) in [5.41, 5.74) is 4.00. The first-order chi connectivity index (χ1) is 6.27. The third-order valence-corrected chi connectivity index (χ3v) is 4.11. The molecule has 1 aromatic heterocycles. The maximum atomic E-state index is 4.24. The number of hydrogen-bond donors (Lipinski definition) is 0. The van der Waals surface area contributed by atoms with Crippen molar-refractivity contribution >= 4 is 43.2 Å². The molecule has 4 heteroatoms. The van der Waals surface area contributed by atoms with Gasteiger partial charge >= 0.3 is 0 Å². The average Bonchev–Trinajstić information content (AvgIpc) is 2.62. The Morgan fingerprint density at radius 2 is 2.00 bits per heavy atom. The van der Waals surface area contributed by atoms with Gasteiger partial charge in [-0.05, 0) is 44.0 Å². The first kappa shape index (κ1) is 9.37. The summed E-state index contributed by atoms with van der Waals surface area (Å²) in [5, 5.41) is 2.04. The van der Waals surface area contributed by atoms with Gasteiger partial charge in [-0.2, -0.15) is 0 Å². The lowest BCUT2D eigenvalue weighted by Crippen LogP contribution is -1.77.